The lowest BCUT2D eigenvalue weighted by Crippen LogP contribution is -2.37. The van der Waals surface area contributed by atoms with Crippen LogP contribution < -0.4 is 10.6 Å². The summed E-state index contributed by atoms with van der Waals surface area (Å²) in [5, 5.41) is 13.7. The molecule has 1 aromatic carbocycles. The number of anilines is 1. The first-order valence-corrected chi connectivity index (χ1v) is 6.20. The Morgan fingerprint density at radius 2 is 2.14 bits per heavy atom. The van der Waals surface area contributed by atoms with Crippen LogP contribution in [0.1, 0.15) is 5.56 Å². The predicted molar refractivity (Wildman–Crippen MR) is 71.4 cm³/mol. The van der Waals surface area contributed by atoms with Crippen molar-refractivity contribution in [3.63, 3.8) is 0 Å². The highest BCUT2D eigenvalue weighted by atomic mass is 35.5. The van der Waals surface area contributed by atoms with E-state index in [2.05, 4.69) is 15.4 Å². The number of hydrogen-bond donors (Lipinski definition) is 3. The molecule has 118 valence electrons. The number of urea groups is 1. The molecule has 2 amide bonds. The highest BCUT2D eigenvalue weighted by molar-refractivity contribution is 6.33. The van der Waals surface area contributed by atoms with Crippen molar-refractivity contribution in [1.82, 2.24) is 5.32 Å². The van der Waals surface area contributed by atoms with E-state index in [0.717, 1.165) is 18.2 Å². The van der Waals surface area contributed by atoms with Crippen molar-refractivity contribution in [3.05, 3.63) is 28.8 Å². The third-order valence-corrected chi connectivity index (χ3v) is 2.71. The van der Waals surface area contributed by atoms with Crippen molar-refractivity contribution in [3.8, 4) is 0 Å². The van der Waals surface area contributed by atoms with Gasteiger partial charge in [0.25, 0.3) is 0 Å². The molecule has 0 aliphatic heterocycles. The zero-order valence-corrected chi connectivity index (χ0v) is 11.8. The molecule has 5 nitrogen and oxygen atoms in total. The smallest absolute Gasteiger partial charge is 0.389 e. The van der Waals surface area contributed by atoms with Gasteiger partial charge in [-0.2, -0.15) is 13.2 Å². The Bertz CT molecular complexity index is 497. The molecule has 0 heterocycles. The number of nitrogens with one attached hydrogen (secondary N) is 2. The van der Waals surface area contributed by atoms with Crippen molar-refractivity contribution in [2.75, 3.05) is 25.6 Å². The van der Waals surface area contributed by atoms with E-state index in [1.807, 2.05) is 0 Å². The van der Waals surface area contributed by atoms with Crippen LogP contribution in [-0.4, -0.2) is 37.5 Å². The van der Waals surface area contributed by atoms with Crippen molar-refractivity contribution in [2.24, 2.45) is 0 Å². The van der Waals surface area contributed by atoms with E-state index < -0.39 is 23.9 Å². The Morgan fingerprint density at radius 1 is 1.48 bits per heavy atom. The van der Waals surface area contributed by atoms with E-state index in [9.17, 15) is 23.1 Å². The summed E-state index contributed by atoms with van der Waals surface area (Å²) in [4.78, 5) is 11.5. The maximum absolute atomic E-state index is 12.4. The lowest BCUT2D eigenvalue weighted by Gasteiger charge is -2.13. The molecule has 0 spiro atoms. The number of aliphatic hydroxyl groups is 1. The lowest BCUT2D eigenvalue weighted by atomic mass is 10.2. The molecule has 0 unspecified atom stereocenters. The summed E-state index contributed by atoms with van der Waals surface area (Å²) >= 11 is 5.68. The standard InChI is InChI=1S/C12H14ClF3N2O3/c1-21-6-8(19)5-17-11(20)18-10-3-2-7(4-9(10)13)12(14,15)16/h2-4,8,19H,5-6H2,1H3,(H2,17,18,20)/t8-/m1/s1. The fraction of sp³-hybridized carbons (Fsp3) is 0.417. The minimum absolute atomic E-state index is 0.0309. The van der Waals surface area contributed by atoms with Gasteiger partial charge in [-0.1, -0.05) is 11.6 Å². The number of hydrogen-bond acceptors (Lipinski definition) is 3. The van der Waals surface area contributed by atoms with E-state index >= 15 is 0 Å². The summed E-state index contributed by atoms with van der Waals surface area (Å²) in [7, 11) is 1.39. The predicted octanol–water partition coefficient (Wildman–Crippen LogP) is 2.49. The molecule has 0 saturated carbocycles. The number of methoxy groups -OCH3 is 1. The molecule has 9 heteroatoms. The van der Waals surface area contributed by atoms with Gasteiger partial charge in [-0.3, -0.25) is 0 Å². The third-order valence-electron chi connectivity index (χ3n) is 2.40. The normalized spacial score (nSPS) is 12.9. The zero-order valence-electron chi connectivity index (χ0n) is 11.0. The topological polar surface area (TPSA) is 70.6 Å². The first kappa shape index (κ1) is 17.5. The Morgan fingerprint density at radius 3 is 2.67 bits per heavy atom. The van der Waals surface area contributed by atoms with Crippen molar-refractivity contribution in [2.45, 2.75) is 12.3 Å². The second-order valence-corrected chi connectivity index (χ2v) is 4.54. The van der Waals surface area contributed by atoms with Crippen LogP contribution in [0.2, 0.25) is 5.02 Å². The molecule has 0 aromatic heterocycles. The van der Waals surface area contributed by atoms with Gasteiger partial charge in [-0.05, 0) is 18.2 Å². The van der Waals surface area contributed by atoms with Gasteiger partial charge in [-0.25, -0.2) is 4.79 Å². The Balaban J connectivity index is 2.61. The molecule has 1 rings (SSSR count). The largest absolute Gasteiger partial charge is 0.416 e. The summed E-state index contributed by atoms with van der Waals surface area (Å²) in [5.41, 5.74) is -0.877. The Labute approximate surface area is 124 Å². The van der Waals surface area contributed by atoms with Gasteiger partial charge in [0.05, 0.1) is 29.0 Å². The molecule has 0 aliphatic carbocycles. The number of carbonyl (C=O) groups excluding carboxylic acids is 1. The van der Waals surface area contributed by atoms with Gasteiger partial charge in [0.1, 0.15) is 0 Å². The summed E-state index contributed by atoms with van der Waals surface area (Å²) in [6.45, 7) is -0.0285. The van der Waals surface area contributed by atoms with E-state index in [-0.39, 0.29) is 23.9 Å². The lowest BCUT2D eigenvalue weighted by molar-refractivity contribution is -0.137. The molecular formula is C12H14ClF3N2O3. The summed E-state index contributed by atoms with van der Waals surface area (Å²) in [5.74, 6) is 0. The molecule has 3 N–H and O–H groups in total. The minimum atomic E-state index is -4.51. The van der Waals surface area contributed by atoms with Crippen molar-refractivity contribution < 1.29 is 27.8 Å². The van der Waals surface area contributed by atoms with E-state index in [1.54, 1.807) is 0 Å². The van der Waals surface area contributed by atoms with Gasteiger partial charge < -0.3 is 20.5 Å². The first-order chi connectivity index (χ1) is 9.74. The molecular weight excluding hydrogens is 313 g/mol. The number of halogens is 4. The second kappa shape index (κ2) is 7.48. The number of benzene rings is 1. The fourth-order valence-corrected chi connectivity index (χ4v) is 1.65. The van der Waals surface area contributed by atoms with Gasteiger partial charge in [-0.15, -0.1) is 0 Å². The molecule has 0 aliphatic rings. The van der Waals surface area contributed by atoms with Crippen LogP contribution in [0, 0.1) is 0 Å². The minimum Gasteiger partial charge on any atom is -0.389 e. The van der Waals surface area contributed by atoms with Crippen molar-refractivity contribution in [1.29, 1.82) is 0 Å². The Kier molecular flexibility index (Phi) is 6.25. The van der Waals surface area contributed by atoms with Crippen LogP contribution in [-0.2, 0) is 10.9 Å². The highest BCUT2D eigenvalue weighted by Crippen LogP contribution is 2.33. The summed E-state index contributed by atoms with van der Waals surface area (Å²) < 4.78 is 42.0. The third kappa shape index (κ3) is 5.78. The monoisotopic (exact) mass is 326 g/mol. The van der Waals surface area contributed by atoms with Crippen LogP contribution in [0.4, 0.5) is 23.7 Å². The molecule has 0 radical (unpaired) electrons. The van der Waals surface area contributed by atoms with Gasteiger partial charge >= 0.3 is 12.2 Å². The van der Waals surface area contributed by atoms with Gasteiger partial charge in [0.15, 0.2) is 0 Å². The number of ether oxygens (including phenoxy) is 1. The zero-order chi connectivity index (χ0) is 16.0. The molecule has 0 bridgehead atoms. The first-order valence-electron chi connectivity index (χ1n) is 5.82. The molecule has 1 atom stereocenters. The molecule has 0 fully saturated rings. The van der Waals surface area contributed by atoms with Gasteiger partial charge in [0.2, 0.25) is 0 Å². The van der Waals surface area contributed by atoms with Crippen LogP contribution in [0.5, 0.6) is 0 Å². The van der Waals surface area contributed by atoms with Crippen LogP contribution in [0.3, 0.4) is 0 Å². The maximum Gasteiger partial charge on any atom is 0.416 e. The number of amides is 2. The quantitative estimate of drug-likeness (QED) is 0.778. The molecule has 1 aromatic rings. The van der Waals surface area contributed by atoms with Crippen LogP contribution >= 0.6 is 11.6 Å². The van der Waals surface area contributed by atoms with Crippen LogP contribution in [0.25, 0.3) is 0 Å². The van der Waals surface area contributed by atoms with Crippen molar-refractivity contribution >= 4 is 23.3 Å². The fourth-order valence-electron chi connectivity index (χ4n) is 1.42. The number of carbonyl (C=O) groups is 1. The average Bonchev–Trinajstić information content (AvgIpc) is 2.38. The van der Waals surface area contributed by atoms with E-state index in [1.165, 1.54) is 7.11 Å². The van der Waals surface area contributed by atoms with E-state index in [4.69, 9.17) is 11.6 Å². The summed E-state index contributed by atoms with van der Waals surface area (Å²) in [6.07, 6.45) is -5.39. The van der Waals surface area contributed by atoms with E-state index in [0.29, 0.717) is 0 Å². The number of aliphatic hydroxyl groups excluding tert-OH is 1. The maximum atomic E-state index is 12.4. The average molecular weight is 327 g/mol. The SMILES string of the molecule is COC[C@H](O)CNC(=O)Nc1ccc(C(F)(F)F)cc1Cl. The number of alkyl halides is 3. The molecule has 21 heavy (non-hydrogen) atoms. The Hall–Kier alpha value is -1.51. The summed E-state index contributed by atoms with van der Waals surface area (Å²) in [6, 6.07) is 1.88. The second-order valence-electron chi connectivity index (χ2n) is 4.14. The van der Waals surface area contributed by atoms with Gasteiger partial charge in [0, 0.05) is 13.7 Å². The molecule has 0 saturated heterocycles. The number of rotatable bonds is 5. The van der Waals surface area contributed by atoms with Crippen LogP contribution in [0.15, 0.2) is 18.2 Å². The highest BCUT2D eigenvalue weighted by Gasteiger charge is 2.30.